The molecule has 0 saturated heterocycles. The van der Waals surface area contributed by atoms with Gasteiger partial charge in [0.15, 0.2) is 0 Å². The molecule has 0 amide bonds. The van der Waals surface area contributed by atoms with E-state index in [9.17, 15) is 12.3 Å². The van der Waals surface area contributed by atoms with E-state index in [1.807, 2.05) is 0 Å². The Hall–Kier alpha value is -0.420. The third kappa shape index (κ3) is 3.44. The number of hydrogen-bond acceptors (Lipinski definition) is 2. The molecule has 0 saturated carbocycles. The molecule has 1 aromatic rings. The van der Waals surface area contributed by atoms with Gasteiger partial charge in [-0.1, -0.05) is 40.2 Å². The standard InChI is InChI=1S/C8H8BrFO2S/c9-5-7-3-1-2-4-8(7)6-13(10,11)12/h1-4H,5-6H2. The van der Waals surface area contributed by atoms with Gasteiger partial charge in [-0.2, -0.15) is 8.42 Å². The second kappa shape index (κ2) is 4.19. The summed E-state index contributed by atoms with van der Waals surface area (Å²) in [7, 11) is -4.43. The summed E-state index contributed by atoms with van der Waals surface area (Å²) in [6.45, 7) is 0. The van der Waals surface area contributed by atoms with Gasteiger partial charge in [0.1, 0.15) is 5.75 Å². The molecule has 5 heteroatoms. The van der Waals surface area contributed by atoms with Gasteiger partial charge in [-0.3, -0.25) is 0 Å². The van der Waals surface area contributed by atoms with E-state index in [0.29, 0.717) is 10.9 Å². The van der Waals surface area contributed by atoms with Crippen molar-refractivity contribution >= 4 is 26.2 Å². The Morgan fingerprint density at radius 1 is 1.23 bits per heavy atom. The lowest BCUT2D eigenvalue weighted by Crippen LogP contribution is -1.99. The maximum Gasteiger partial charge on any atom is 0.306 e. The predicted octanol–water partition coefficient (Wildman–Crippen LogP) is 2.38. The first-order valence-corrected chi connectivity index (χ1v) is 6.25. The molecule has 72 valence electrons. The molecule has 1 aromatic carbocycles. The van der Waals surface area contributed by atoms with Crippen LogP contribution in [0.25, 0.3) is 0 Å². The summed E-state index contributed by atoms with van der Waals surface area (Å²) in [5.41, 5.74) is 1.30. The van der Waals surface area contributed by atoms with Crippen molar-refractivity contribution in [2.24, 2.45) is 0 Å². The smallest absolute Gasteiger partial charge is 0.194 e. The van der Waals surface area contributed by atoms with Gasteiger partial charge >= 0.3 is 10.2 Å². The van der Waals surface area contributed by atoms with E-state index in [0.717, 1.165) is 5.56 Å². The topological polar surface area (TPSA) is 34.1 Å². The summed E-state index contributed by atoms with van der Waals surface area (Å²) in [6, 6.07) is 6.83. The Bertz CT molecular complexity index is 389. The predicted molar refractivity (Wildman–Crippen MR) is 52.8 cm³/mol. The molecule has 0 fully saturated rings. The highest BCUT2D eigenvalue weighted by atomic mass is 79.9. The van der Waals surface area contributed by atoms with Crippen LogP contribution in [0.2, 0.25) is 0 Å². The zero-order valence-corrected chi connectivity index (χ0v) is 9.11. The summed E-state index contributed by atoms with van der Waals surface area (Å²) in [5.74, 6) is -0.547. The van der Waals surface area contributed by atoms with Crippen molar-refractivity contribution in [2.45, 2.75) is 11.1 Å². The van der Waals surface area contributed by atoms with Gasteiger partial charge in [-0.25, -0.2) is 0 Å². The molecular formula is C8H8BrFO2S. The maximum atomic E-state index is 12.3. The molecule has 0 aliphatic heterocycles. The van der Waals surface area contributed by atoms with Gasteiger partial charge < -0.3 is 0 Å². The van der Waals surface area contributed by atoms with Crippen LogP contribution in [0.15, 0.2) is 24.3 Å². The molecule has 0 spiro atoms. The zero-order valence-electron chi connectivity index (χ0n) is 6.70. The van der Waals surface area contributed by atoms with Crippen molar-refractivity contribution in [1.29, 1.82) is 0 Å². The van der Waals surface area contributed by atoms with Gasteiger partial charge in [0.05, 0.1) is 0 Å². The minimum absolute atomic E-state index is 0.502. The average molecular weight is 267 g/mol. The highest BCUT2D eigenvalue weighted by Crippen LogP contribution is 2.15. The second-order valence-electron chi connectivity index (χ2n) is 2.59. The fraction of sp³-hybridized carbons (Fsp3) is 0.250. The first kappa shape index (κ1) is 10.7. The van der Waals surface area contributed by atoms with Gasteiger partial charge in [-0.05, 0) is 11.1 Å². The first-order valence-electron chi connectivity index (χ1n) is 3.58. The molecule has 1 rings (SSSR count). The minimum Gasteiger partial charge on any atom is -0.194 e. The van der Waals surface area contributed by atoms with Crippen molar-refractivity contribution in [3.63, 3.8) is 0 Å². The Morgan fingerprint density at radius 3 is 2.23 bits per heavy atom. The lowest BCUT2D eigenvalue weighted by Gasteiger charge is -2.02. The molecule has 0 N–H and O–H groups in total. The lowest BCUT2D eigenvalue weighted by atomic mass is 10.1. The quantitative estimate of drug-likeness (QED) is 0.622. The van der Waals surface area contributed by atoms with Crippen molar-refractivity contribution in [2.75, 3.05) is 0 Å². The van der Waals surface area contributed by atoms with E-state index in [-0.39, 0.29) is 0 Å². The minimum atomic E-state index is -4.43. The Labute approximate surface area is 85.1 Å². The van der Waals surface area contributed by atoms with Crippen LogP contribution in [0, 0.1) is 0 Å². The molecule has 0 aliphatic carbocycles. The Balaban J connectivity index is 3.01. The number of hydrogen-bond donors (Lipinski definition) is 0. The second-order valence-corrected chi connectivity index (χ2v) is 4.51. The first-order chi connectivity index (χ1) is 6.03. The summed E-state index contributed by atoms with van der Waals surface area (Å²) in [4.78, 5) is 0. The third-order valence-electron chi connectivity index (χ3n) is 1.59. The van der Waals surface area contributed by atoms with Gasteiger partial charge in [0.2, 0.25) is 0 Å². The van der Waals surface area contributed by atoms with Crippen LogP contribution in [-0.2, 0) is 21.3 Å². The van der Waals surface area contributed by atoms with E-state index >= 15 is 0 Å². The summed E-state index contributed by atoms with van der Waals surface area (Å²) < 4.78 is 33.1. The van der Waals surface area contributed by atoms with E-state index in [4.69, 9.17) is 0 Å². The normalized spacial score (nSPS) is 11.5. The van der Waals surface area contributed by atoms with Gasteiger partial charge in [0.25, 0.3) is 0 Å². The lowest BCUT2D eigenvalue weighted by molar-refractivity contribution is 0.551. The van der Waals surface area contributed by atoms with Crippen LogP contribution in [0.4, 0.5) is 3.89 Å². The molecule has 0 unspecified atom stereocenters. The van der Waals surface area contributed by atoms with Gasteiger partial charge in [0, 0.05) is 5.33 Å². The SMILES string of the molecule is O=S(=O)(F)Cc1ccccc1CBr. The summed E-state index contributed by atoms with van der Waals surface area (Å²) in [6.07, 6.45) is 0. The van der Waals surface area contributed by atoms with Crippen molar-refractivity contribution in [3.05, 3.63) is 35.4 Å². The molecule has 0 aliphatic rings. The van der Waals surface area contributed by atoms with E-state index < -0.39 is 16.0 Å². The molecule has 2 nitrogen and oxygen atoms in total. The fourth-order valence-electron chi connectivity index (χ4n) is 1.01. The summed E-state index contributed by atoms with van der Waals surface area (Å²) in [5, 5.41) is 0.526. The van der Waals surface area contributed by atoms with Crippen molar-refractivity contribution in [1.82, 2.24) is 0 Å². The van der Waals surface area contributed by atoms with E-state index in [1.54, 1.807) is 24.3 Å². The number of benzene rings is 1. The van der Waals surface area contributed by atoms with E-state index in [1.165, 1.54) is 0 Å². The van der Waals surface area contributed by atoms with E-state index in [2.05, 4.69) is 15.9 Å². The molecule has 0 atom stereocenters. The van der Waals surface area contributed by atoms with Gasteiger partial charge in [-0.15, -0.1) is 3.89 Å². The van der Waals surface area contributed by atoms with Crippen molar-refractivity contribution in [3.8, 4) is 0 Å². The number of alkyl halides is 1. The van der Waals surface area contributed by atoms with Crippen molar-refractivity contribution < 1.29 is 12.3 Å². The maximum absolute atomic E-state index is 12.3. The molecule has 0 bridgehead atoms. The fourth-order valence-corrected chi connectivity index (χ4v) is 2.21. The number of rotatable bonds is 3. The zero-order chi connectivity index (χ0) is 9.90. The van der Waals surface area contributed by atoms with Crippen LogP contribution in [0.1, 0.15) is 11.1 Å². The Kier molecular flexibility index (Phi) is 3.44. The van der Waals surface area contributed by atoms with Crippen LogP contribution < -0.4 is 0 Å². The largest absolute Gasteiger partial charge is 0.306 e. The highest BCUT2D eigenvalue weighted by molar-refractivity contribution is 9.08. The molecule has 0 aromatic heterocycles. The third-order valence-corrected chi connectivity index (χ3v) is 2.85. The highest BCUT2D eigenvalue weighted by Gasteiger charge is 2.11. The number of halogens is 2. The van der Waals surface area contributed by atoms with Crippen LogP contribution >= 0.6 is 15.9 Å². The van der Waals surface area contributed by atoms with Crippen LogP contribution in [0.5, 0.6) is 0 Å². The average Bonchev–Trinajstić information content (AvgIpc) is 2.02. The molecule has 0 radical (unpaired) electrons. The molecule has 0 heterocycles. The van der Waals surface area contributed by atoms with Crippen LogP contribution in [0.3, 0.4) is 0 Å². The molecular weight excluding hydrogens is 259 g/mol. The summed E-state index contributed by atoms with van der Waals surface area (Å²) >= 11 is 3.20. The Morgan fingerprint density at radius 2 is 1.77 bits per heavy atom. The molecule has 13 heavy (non-hydrogen) atoms. The monoisotopic (exact) mass is 266 g/mol. The van der Waals surface area contributed by atoms with Crippen LogP contribution in [-0.4, -0.2) is 8.42 Å².